The van der Waals surface area contributed by atoms with Gasteiger partial charge in [-0.2, -0.15) is 5.10 Å². The lowest BCUT2D eigenvalue weighted by Gasteiger charge is -2.06. The summed E-state index contributed by atoms with van der Waals surface area (Å²) in [6.45, 7) is 1.99. The molecule has 0 fully saturated rings. The van der Waals surface area contributed by atoms with Crippen LogP contribution in [-0.2, 0) is 0 Å². The smallest absolute Gasteiger partial charge is 0.162 e. The highest BCUT2D eigenvalue weighted by Gasteiger charge is 2.12. The van der Waals surface area contributed by atoms with Gasteiger partial charge < -0.3 is 0 Å². The van der Waals surface area contributed by atoms with Crippen molar-refractivity contribution in [3.8, 4) is 22.3 Å². The zero-order chi connectivity index (χ0) is 18.4. The third kappa shape index (κ3) is 2.66. The van der Waals surface area contributed by atoms with E-state index in [1.165, 1.54) is 0 Å². The van der Waals surface area contributed by atoms with Gasteiger partial charge >= 0.3 is 0 Å². The summed E-state index contributed by atoms with van der Waals surface area (Å²) in [7, 11) is 0. The molecule has 5 aromatic rings. The van der Waals surface area contributed by atoms with Crippen molar-refractivity contribution >= 4 is 28.2 Å². The van der Waals surface area contributed by atoms with E-state index in [-0.39, 0.29) is 0 Å². The molecule has 130 valence electrons. The summed E-state index contributed by atoms with van der Waals surface area (Å²) >= 11 is 6.27. The fraction of sp³-hybridized carbons (Fsp3) is 0.0455. The second kappa shape index (κ2) is 6.18. The molecule has 27 heavy (non-hydrogen) atoms. The van der Waals surface area contributed by atoms with Gasteiger partial charge in [-0.1, -0.05) is 41.9 Å². The molecule has 0 radical (unpaired) electrons. The zero-order valence-electron chi connectivity index (χ0n) is 14.6. The van der Waals surface area contributed by atoms with Crippen LogP contribution in [0.25, 0.3) is 38.8 Å². The van der Waals surface area contributed by atoms with E-state index in [1.807, 2.05) is 78.7 Å². The number of benzene rings is 2. The van der Waals surface area contributed by atoms with Crippen molar-refractivity contribution in [2.75, 3.05) is 0 Å². The van der Waals surface area contributed by atoms with Gasteiger partial charge in [0.25, 0.3) is 0 Å². The number of halogens is 1. The normalized spacial score (nSPS) is 11.3. The van der Waals surface area contributed by atoms with Gasteiger partial charge in [-0.25, -0.2) is 9.50 Å². The van der Waals surface area contributed by atoms with Gasteiger partial charge in [0.2, 0.25) is 0 Å². The SMILES string of the molecule is Cc1ccc(-c2cnc3c(-c4ccnc5ccccc45)cnn3c2)cc1Cl. The number of aromatic nitrogens is 4. The van der Waals surface area contributed by atoms with Crippen molar-refractivity contribution in [2.45, 2.75) is 6.92 Å². The molecule has 5 heteroatoms. The zero-order valence-corrected chi connectivity index (χ0v) is 15.4. The van der Waals surface area contributed by atoms with Gasteiger partial charge in [-0.3, -0.25) is 4.98 Å². The summed E-state index contributed by atoms with van der Waals surface area (Å²) in [4.78, 5) is 9.13. The van der Waals surface area contributed by atoms with Gasteiger partial charge in [0.1, 0.15) is 0 Å². The quantitative estimate of drug-likeness (QED) is 0.407. The van der Waals surface area contributed by atoms with Gasteiger partial charge in [0.15, 0.2) is 5.65 Å². The Bertz CT molecular complexity index is 1300. The molecule has 0 amide bonds. The number of fused-ring (bicyclic) bond motifs is 2. The maximum absolute atomic E-state index is 6.27. The predicted molar refractivity (Wildman–Crippen MR) is 109 cm³/mol. The first-order valence-electron chi connectivity index (χ1n) is 8.65. The summed E-state index contributed by atoms with van der Waals surface area (Å²) in [6.07, 6.45) is 7.53. The second-order valence-electron chi connectivity index (χ2n) is 6.51. The van der Waals surface area contributed by atoms with E-state index in [9.17, 15) is 0 Å². The van der Waals surface area contributed by atoms with Gasteiger partial charge in [-0.05, 0) is 41.8 Å². The summed E-state index contributed by atoms with van der Waals surface area (Å²) < 4.78 is 1.81. The highest BCUT2D eigenvalue weighted by Crippen LogP contribution is 2.31. The number of hydrogen-bond acceptors (Lipinski definition) is 3. The first-order chi connectivity index (χ1) is 13.2. The summed E-state index contributed by atoms with van der Waals surface area (Å²) in [5, 5.41) is 6.36. The molecule has 0 unspecified atom stereocenters. The highest BCUT2D eigenvalue weighted by atomic mass is 35.5. The Morgan fingerprint density at radius 1 is 0.889 bits per heavy atom. The van der Waals surface area contributed by atoms with Crippen molar-refractivity contribution in [3.63, 3.8) is 0 Å². The lowest BCUT2D eigenvalue weighted by atomic mass is 10.0. The van der Waals surface area contributed by atoms with E-state index in [1.54, 1.807) is 0 Å². The Hall–Kier alpha value is -3.24. The van der Waals surface area contributed by atoms with Crippen LogP contribution < -0.4 is 0 Å². The maximum atomic E-state index is 6.27. The fourth-order valence-corrected chi connectivity index (χ4v) is 3.50. The monoisotopic (exact) mass is 370 g/mol. The van der Waals surface area contributed by atoms with Crippen molar-refractivity contribution in [1.82, 2.24) is 19.6 Å². The van der Waals surface area contributed by atoms with Crippen molar-refractivity contribution < 1.29 is 0 Å². The first-order valence-corrected chi connectivity index (χ1v) is 9.02. The number of hydrogen-bond donors (Lipinski definition) is 0. The minimum absolute atomic E-state index is 0.747. The molecule has 3 aromatic heterocycles. The van der Waals surface area contributed by atoms with Crippen LogP contribution in [0, 0.1) is 6.92 Å². The van der Waals surface area contributed by atoms with Crippen LogP contribution in [0.2, 0.25) is 5.02 Å². The number of aryl methyl sites for hydroxylation is 1. The second-order valence-corrected chi connectivity index (χ2v) is 6.92. The molecule has 0 N–H and O–H groups in total. The Labute approximate surface area is 161 Å². The van der Waals surface area contributed by atoms with E-state index in [2.05, 4.69) is 21.1 Å². The lowest BCUT2D eigenvalue weighted by molar-refractivity contribution is 0.941. The van der Waals surface area contributed by atoms with E-state index in [4.69, 9.17) is 11.6 Å². The maximum Gasteiger partial charge on any atom is 0.162 e. The lowest BCUT2D eigenvalue weighted by Crippen LogP contribution is -1.92. The van der Waals surface area contributed by atoms with E-state index < -0.39 is 0 Å². The molecular formula is C22H15ClN4. The van der Waals surface area contributed by atoms with E-state index in [0.29, 0.717) is 0 Å². The summed E-state index contributed by atoms with van der Waals surface area (Å²) in [5.41, 5.74) is 6.88. The third-order valence-corrected chi connectivity index (χ3v) is 5.21. The molecule has 0 aliphatic heterocycles. The molecule has 0 bridgehead atoms. The summed E-state index contributed by atoms with van der Waals surface area (Å²) in [6, 6.07) is 16.1. The molecule has 2 aromatic carbocycles. The predicted octanol–water partition coefficient (Wildman–Crippen LogP) is 5.57. The number of pyridine rings is 1. The van der Waals surface area contributed by atoms with Crippen LogP contribution in [0.5, 0.6) is 0 Å². The number of rotatable bonds is 2. The molecular weight excluding hydrogens is 356 g/mol. The topological polar surface area (TPSA) is 43.1 Å². The Morgan fingerprint density at radius 3 is 2.67 bits per heavy atom. The van der Waals surface area contributed by atoms with Crippen LogP contribution >= 0.6 is 11.6 Å². The Balaban J connectivity index is 1.67. The number of nitrogens with zero attached hydrogens (tertiary/aromatic N) is 4. The van der Waals surface area contributed by atoms with Crippen molar-refractivity contribution in [1.29, 1.82) is 0 Å². The summed E-state index contributed by atoms with van der Waals surface area (Å²) in [5.74, 6) is 0. The molecule has 0 spiro atoms. The number of para-hydroxylation sites is 1. The standard InChI is InChI=1S/C22H15ClN4/c1-14-6-7-15(10-20(14)23)16-11-25-22-19(12-26-27(22)13-16)17-8-9-24-21-5-3-2-4-18(17)21/h2-13H,1H3. The largest absolute Gasteiger partial charge is 0.256 e. The molecule has 0 aliphatic rings. The van der Waals surface area contributed by atoms with E-state index in [0.717, 1.165) is 49.4 Å². The molecule has 0 aliphatic carbocycles. The van der Waals surface area contributed by atoms with Crippen LogP contribution in [0.4, 0.5) is 0 Å². The molecule has 0 saturated heterocycles. The molecule has 0 saturated carbocycles. The van der Waals surface area contributed by atoms with Crippen molar-refractivity contribution in [3.05, 3.63) is 83.9 Å². The molecule has 4 nitrogen and oxygen atoms in total. The minimum Gasteiger partial charge on any atom is -0.256 e. The van der Waals surface area contributed by atoms with Gasteiger partial charge in [0.05, 0.1) is 11.7 Å². The molecule has 0 atom stereocenters. The molecule has 3 heterocycles. The third-order valence-electron chi connectivity index (χ3n) is 4.80. The van der Waals surface area contributed by atoms with Crippen LogP contribution in [0.1, 0.15) is 5.56 Å². The highest BCUT2D eigenvalue weighted by molar-refractivity contribution is 6.31. The van der Waals surface area contributed by atoms with Crippen LogP contribution in [0.3, 0.4) is 0 Å². The van der Waals surface area contributed by atoms with Gasteiger partial charge in [-0.15, -0.1) is 0 Å². The van der Waals surface area contributed by atoms with Crippen LogP contribution in [-0.4, -0.2) is 19.6 Å². The minimum atomic E-state index is 0.747. The Morgan fingerprint density at radius 2 is 1.78 bits per heavy atom. The Kier molecular flexibility index (Phi) is 3.66. The van der Waals surface area contributed by atoms with E-state index >= 15 is 0 Å². The average Bonchev–Trinajstić information content (AvgIpc) is 3.12. The van der Waals surface area contributed by atoms with Crippen LogP contribution in [0.15, 0.2) is 73.3 Å². The fourth-order valence-electron chi connectivity index (χ4n) is 3.32. The first kappa shape index (κ1) is 16.0. The molecule has 5 rings (SSSR count). The average molecular weight is 371 g/mol. The van der Waals surface area contributed by atoms with Gasteiger partial charge in [0, 0.05) is 40.1 Å². The van der Waals surface area contributed by atoms with Crippen molar-refractivity contribution in [2.24, 2.45) is 0 Å².